The monoisotopic (exact) mass is 374 g/mol. The molecule has 1 heterocycles. The fraction of sp³-hybridized carbons (Fsp3) is 0.462. The molecule has 1 aliphatic heterocycles. The average Bonchev–Trinajstić information content (AvgIpc) is 2.33. The molecule has 1 aromatic rings. The first kappa shape index (κ1) is 13.9. The van der Waals surface area contributed by atoms with Gasteiger partial charge in [0.25, 0.3) is 0 Å². The van der Waals surface area contributed by atoms with Crippen LogP contribution in [0.4, 0.5) is 10.5 Å². The molecule has 0 aromatic heterocycles. The van der Waals surface area contributed by atoms with E-state index >= 15 is 0 Å². The molecule has 3 nitrogen and oxygen atoms in total. The molecule has 1 aromatic carbocycles. The highest BCUT2D eigenvalue weighted by atomic mass is 79.9. The van der Waals surface area contributed by atoms with Crippen LogP contribution in [0.3, 0.4) is 0 Å². The normalized spacial score (nSPS) is 16.7. The Hall–Kier alpha value is -0.550. The highest BCUT2D eigenvalue weighted by Crippen LogP contribution is 2.26. The van der Waals surface area contributed by atoms with Crippen LogP contribution >= 0.6 is 31.9 Å². The zero-order chi connectivity index (χ0) is 13.1. The lowest BCUT2D eigenvalue weighted by atomic mass is 10.00. The number of anilines is 1. The van der Waals surface area contributed by atoms with Crippen molar-refractivity contribution in [2.24, 2.45) is 5.92 Å². The van der Waals surface area contributed by atoms with E-state index in [1.807, 2.05) is 23.1 Å². The number of benzene rings is 1. The number of rotatable bonds is 1. The average molecular weight is 376 g/mol. The van der Waals surface area contributed by atoms with Gasteiger partial charge in [0, 0.05) is 22.0 Å². The third kappa shape index (κ3) is 3.48. The lowest BCUT2D eigenvalue weighted by Gasteiger charge is -2.30. The molecule has 0 radical (unpaired) electrons. The topological polar surface area (TPSA) is 32.3 Å². The number of hydrogen-bond donors (Lipinski definition) is 1. The SMILES string of the molecule is CC1CCN(C(=O)Nc2ccc(Br)cc2Br)CC1. The Balaban J connectivity index is 1.98. The van der Waals surface area contributed by atoms with E-state index in [0.29, 0.717) is 0 Å². The summed E-state index contributed by atoms with van der Waals surface area (Å²) in [6, 6.07) is 5.72. The second-order valence-electron chi connectivity index (χ2n) is 4.72. The molecule has 1 aliphatic rings. The van der Waals surface area contributed by atoms with Crippen molar-refractivity contribution in [3.05, 3.63) is 27.1 Å². The number of nitrogens with zero attached hydrogens (tertiary/aromatic N) is 1. The molecular weight excluding hydrogens is 360 g/mol. The first-order chi connectivity index (χ1) is 8.56. The van der Waals surface area contributed by atoms with E-state index in [2.05, 4.69) is 44.1 Å². The molecule has 0 aliphatic carbocycles. The van der Waals surface area contributed by atoms with Crippen LogP contribution < -0.4 is 5.32 Å². The van der Waals surface area contributed by atoms with Crippen LogP contribution in [0.1, 0.15) is 19.8 Å². The Kier molecular flexibility index (Phi) is 4.67. The molecule has 0 bridgehead atoms. The number of carbonyl (C=O) groups excluding carboxylic acids is 1. The molecule has 2 rings (SSSR count). The molecule has 5 heteroatoms. The van der Waals surface area contributed by atoms with Crippen molar-refractivity contribution in [1.82, 2.24) is 4.90 Å². The molecule has 18 heavy (non-hydrogen) atoms. The number of urea groups is 1. The third-order valence-corrected chi connectivity index (χ3v) is 4.39. The van der Waals surface area contributed by atoms with Crippen LogP contribution in [0.5, 0.6) is 0 Å². The van der Waals surface area contributed by atoms with Gasteiger partial charge in [0.1, 0.15) is 0 Å². The molecular formula is C13H16Br2N2O. The first-order valence-corrected chi connectivity index (χ1v) is 7.66. The third-order valence-electron chi connectivity index (χ3n) is 3.24. The number of likely N-dealkylation sites (tertiary alicyclic amines) is 1. The maximum atomic E-state index is 12.1. The van der Waals surface area contributed by atoms with Crippen LogP contribution in [-0.2, 0) is 0 Å². The predicted octanol–water partition coefficient (Wildman–Crippen LogP) is 4.48. The van der Waals surface area contributed by atoms with Gasteiger partial charge in [-0.15, -0.1) is 0 Å². The van der Waals surface area contributed by atoms with Gasteiger partial charge in [0.15, 0.2) is 0 Å². The number of hydrogen-bond acceptors (Lipinski definition) is 1. The number of halogens is 2. The number of carbonyl (C=O) groups is 1. The van der Waals surface area contributed by atoms with Gasteiger partial charge in [-0.3, -0.25) is 0 Å². The molecule has 0 spiro atoms. The van der Waals surface area contributed by atoms with Gasteiger partial charge in [-0.05, 0) is 52.9 Å². The Morgan fingerprint density at radius 1 is 1.33 bits per heavy atom. The number of amides is 2. The van der Waals surface area contributed by atoms with Crippen molar-refractivity contribution < 1.29 is 4.79 Å². The van der Waals surface area contributed by atoms with E-state index < -0.39 is 0 Å². The fourth-order valence-corrected chi connectivity index (χ4v) is 3.14. The van der Waals surface area contributed by atoms with Gasteiger partial charge >= 0.3 is 6.03 Å². The Morgan fingerprint density at radius 3 is 2.61 bits per heavy atom. The lowest BCUT2D eigenvalue weighted by molar-refractivity contribution is 0.186. The van der Waals surface area contributed by atoms with Crippen molar-refractivity contribution in [1.29, 1.82) is 0 Å². The zero-order valence-corrected chi connectivity index (χ0v) is 13.4. The summed E-state index contributed by atoms with van der Waals surface area (Å²) in [4.78, 5) is 14.0. The summed E-state index contributed by atoms with van der Waals surface area (Å²) >= 11 is 6.84. The van der Waals surface area contributed by atoms with E-state index in [1.165, 1.54) is 0 Å². The van der Waals surface area contributed by atoms with E-state index in [1.54, 1.807) is 0 Å². The van der Waals surface area contributed by atoms with Crippen LogP contribution in [0.2, 0.25) is 0 Å². The minimum atomic E-state index is -0.00933. The number of nitrogens with one attached hydrogen (secondary N) is 1. The Morgan fingerprint density at radius 2 is 2.00 bits per heavy atom. The summed E-state index contributed by atoms with van der Waals surface area (Å²) in [5.74, 6) is 0.730. The largest absolute Gasteiger partial charge is 0.325 e. The van der Waals surface area contributed by atoms with Crippen molar-refractivity contribution in [3.8, 4) is 0 Å². The number of piperidine rings is 1. The maximum Gasteiger partial charge on any atom is 0.321 e. The molecule has 0 atom stereocenters. The summed E-state index contributed by atoms with van der Waals surface area (Å²) in [5, 5.41) is 2.94. The molecule has 1 N–H and O–H groups in total. The van der Waals surface area contributed by atoms with Gasteiger partial charge < -0.3 is 10.2 Å². The molecule has 0 unspecified atom stereocenters. The smallest absolute Gasteiger partial charge is 0.321 e. The maximum absolute atomic E-state index is 12.1. The molecule has 98 valence electrons. The van der Waals surface area contributed by atoms with E-state index in [4.69, 9.17) is 0 Å². The second kappa shape index (κ2) is 6.06. The summed E-state index contributed by atoms with van der Waals surface area (Å²) in [5.41, 5.74) is 0.807. The highest BCUT2D eigenvalue weighted by Gasteiger charge is 2.20. The van der Waals surface area contributed by atoms with E-state index in [0.717, 1.165) is 46.5 Å². The van der Waals surface area contributed by atoms with Gasteiger partial charge in [0.2, 0.25) is 0 Å². The van der Waals surface area contributed by atoms with Crippen LogP contribution in [-0.4, -0.2) is 24.0 Å². The summed E-state index contributed by atoms with van der Waals surface area (Å²) < 4.78 is 1.87. The lowest BCUT2D eigenvalue weighted by Crippen LogP contribution is -2.40. The van der Waals surface area contributed by atoms with Gasteiger partial charge in [-0.1, -0.05) is 22.9 Å². The van der Waals surface area contributed by atoms with E-state index in [-0.39, 0.29) is 6.03 Å². The summed E-state index contributed by atoms with van der Waals surface area (Å²) in [6.45, 7) is 3.93. The van der Waals surface area contributed by atoms with Gasteiger partial charge in [-0.25, -0.2) is 4.79 Å². The highest BCUT2D eigenvalue weighted by molar-refractivity contribution is 9.11. The van der Waals surface area contributed by atoms with Crippen LogP contribution in [0.15, 0.2) is 27.1 Å². The van der Waals surface area contributed by atoms with Crippen molar-refractivity contribution in [2.45, 2.75) is 19.8 Å². The van der Waals surface area contributed by atoms with Crippen molar-refractivity contribution in [2.75, 3.05) is 18.4 Å². The second-order valence-corrected chi connectivity index (χ2v) is 6.49. The minimum absolute atomic E-state index is 0.00933. The summed E-state index contributed by atoms with van der Waals surface area (Å²) in [6.07, 6.45) is 2.18. The predicted molar refractivity (Wildman–Crippen MR) is 80.8 cm³/mol. The molecule has 0 saturated carbocycles. The molecule has 2 amide bonds. The van der Waals surface area contributed by atoms with Crippen LogP contribution in [0, 0.1) is 5.92 Å². The Labute approximate surface area is 124 Å². The minimum Gasteiger partial charge on any atom is -0.325 e. The molecule has 1 fully saturated rings. The summed E-state index contributed by atoms with van der Waals surface area (Å²) in [7, 11) is 0. The standard InChI is InChI=1S/C13H16Br2N2O/c1-9-4-6-17(7-5-9)13(18)16-12-3-2-10(14)8-11(12)15/h2-3,8-9H,4-7H2,1H3,(H,16,18). The quantitative estimate of drug-likeness (QED) is 0.771. The molecule has 1 saturated heterocycles. The van der Waals surface area contributed by atoms with Crippen LogP contribution in [0.25, 0.3) is 0 Å². The van der Waals surface area contributed by atoms with Crippen molar-refractivity contribution in [3.63, 3.8) is 0 Å². The van der Waals surface area contributed by atoms with Crippen molar-refractivity contribution >= 4 is 43.6 Å². The Bertz CT molecular complexity index is 443. The van der Waals surface area contributed by atoms with Gasteiger partial charge in [0.05, 0.1) is 5.69 Å². The fourth-order valence-electron chi connectivity index (χ4n) is 2.00. The van der Waals surface area contributed by atoms with Gasteiger partial charge in [-0.2, -0.15) is 0 Å². The first-order valence-electron chi connectivity index (χ1n) is 6.07. The van der Waals surface area contributed by atoms with E-state index in [9.17, 15) is 4.79 Å². The zero-order valence-electron chi connectivity index (χ0n) is 10.2.